The fraction of sp³-hybridized carbons (Fsp3) is 0.667. The molecule has 0 radical (unpaired) electrons. The molecule has 1 aromatic rings. The van der Waals surface area contributed by atoms with E-state index in [-0.39, 0.29) is 13.2 Å². The van der Waals surface area contributed by atoms with Gasteiger partial charge in [0, 0.05) is 19.6 Å². The van der Waals surface area contributed by atoms with Crippen molar-refractivity contribution in [2.45, 2.75) is 6.92 Å². The predicted molar refractivity (Wildman–Crippen MR) is 65.1 cm³/mol. The van der Waals surface area contributed by atoms with Gasteiger partial charge in [-0.1, -0.05) is 0 Å². The molecule has 0 amide bonds. The molecule has 1 heterocycles. The first-order chi connectivity index (χ1) is 8.30. The lowest BCUT2D eigenvalue weighted by molar-refractivity contribution is 0.310. The average Bonchev–Trinajstić information content (AvgIpc) is 2.34. The van der Waals surface area contributed by atoms with Crippen LogP contribution in [0.4, 0.5) is 17.8 Å². The summed E-state index contributed by atoms with van der Waals surface area (Å²) in [6.45, 7) is 3.38. The number of nitrogens with one attached hydrogen (secondary N) is 3. The zero-order valence-corrected chi connectivity index (χ0v) is 9.77. The summed E-state index contributed by atoms with van der Waals surface area (Å²) in [4.78, 5) is 12.3. The number of hydrogen-bond acceptors (Lipinski definition) is 8. The van der Waals surface area contributed by atoms with Crippen molar-refractivity contribution in [3.8, 4) is 0 Å². The van der Waals surface area contributed by atoms with Gasteiger partial charge in [-0.05, 0) is 6.92 Å². The van der Waals surface area contributed by atoms with Crippen molar-refractivity contribution in [1.29, 1.82) is 0 Å². The molecule has 96 valence electrons. The van der Waals surface area contributed by atoms with Gasteiger partial charge >= 0.3 is 0 Å². The van der Waals surface area contributed by atoms with Gasteiger partial charge in [0.25, 0.3) is 0 Å². The first kappa shape index (κ1) is 13.4. The second-order valence-corrected chi connectivity index (χ2v) is 3.14. The molecule has 0 aliphatic carbocycles. The molecule has 17 heavy (non-hydrogen) atoms. The highest BCUT2D eigenvalue weighted by molar-refractivity contribution is 5.41. The number of aliphatic hydroxyl groups is 2. The summed E-state index contributed by atoms with van der Waals surface area (Å²) in [5.74, 6) is 1.21. The van der Waals surface area contributed by atoms with Crippen molar-refractivity contribution in [3.05, 3.63) is 0 Å². The second-order valence-electron chi connectivity index (χ2n) is 3.14. The van der Waals surface area contributed by atoms with Crippen molar-refractivity contribution in [2.24, 2.45) is 0 Å². The summed E-state index contributed by atoms with van der Waals surface area (Å²) in [6.07, 6.45) is 0. The Morgan fingerprint density at radius 1 is 0.824 bits per heavy atom. The number of hydrogen-bond donors (Lipinski definition) is 5. The Morgan fingerprint density at radius 2 is 1.24 bits per heavy atom. The Hall–Kier alpha value is -1.67. The van der Waals surface area contributed by atoms with Gasteiger partial charge in [0.1, 0.15) is 0 Å². The minimum absolute atomic E-state index is 0.00161. The van der Waals surface area contributed by atoms with Crippen LogP contribution in [0.3, 0.4) is 0 Å². The van der Waals surface area contributed by atoms with Crippen molar-refractivity contribution in [3.63, 3.8) is 0 Å². The summed E-state index contributed by atoms with van der Waals surface area (Å²) in [5, 5.41) is 26.1. The molecule has 1 aromatic heterocycles. The molecule has 0 unspecified atom stereocenters. The zero-order chi connectivity index (χ0) is 12.5. The van der Waals surface area contributed by atoms with Crippen LogP contribution in [0.15, 0.2) is 0 Å². The average molecular weight is 242 g/mol. The maximum atomic E-state index is 8.71. The zero-order valence-electron chi connectivity index (χ0n) is 9.77. The fourth-order valence-corrected chi connectivity index (χ4v) is 1.11. The molecule has 0 aliphatic rings. The summed E-state index contributed by atoms with van der Waals surface area (Å²) < 4.78 is 0. The van der Waals surface area contributed by atoms with Crippen LogP contribution in [0.1, 0.15) is 6.92 Å². The standard InChI is InChI=1S/C9H18N6O2/c1-2-10-7-13-8(11-3-5-16)15-9(14-7)12-4-6-17/h16-17H,2-6H2,1H3,(H3,10,11,12,13,14,15). The lowest BCUT2D eigenvalue weighted by atomic mass is 10.6. The molecule has 1 rings (SSSR count). The minimum atomic E-state index is 0.00161. The van der Waals surface area contributed by atoms with E-state index in [1.54, 1.807) is 0 Å². The molecule has 0 spiro atoms. The molecule has 0 aliphatic heterocycles. The Labute approximate surface area is 99.5 Å². The van der Waals surface area contributed by atoms with E-state index in [2.05, 4.69) is 30.9 Å². The Morgan fingerprint density at radius 3 is 1.59 bits per heavy atom. The van der Waals surface area contributed by atoms with E-state index in [1.807, 2.05) is 6.92 Å². The largest absolute Gasteiger partial charge is 0.395 e. The van der Waals surface area contributed by atoms with Crippen LogP contribution >= 0.6 is 0 Å². The highest BCUT2D eigenvalue weighted by Gasteiger charge is 2.04. The molecule has 0 bridgehead atoms. The van der Waals surface area contributed by atoms with Crippen molar-refractivity contribution in [2.75, 3.05) is 48.8 Å². The highest BCUT2D eigenvalue weighted by Crippen LogP contribution is 2.08. The number of rotatable bonds is 8. The van der Waals surface area contributed by atoms with Crippen LogP contribution in [-0.4, -0.2) is 58.0 Å². The smallest absolute Gasteiger partial charge is 0.229 e. The van der Waals surface area contributed by atoms with Crippen LogP contribution in [0.5, 0.6) is 0 Å². The molecular weight excluding hydrogens is 224 g/mol. The molecule has 0 saturated heterocycles. The minimum Gasteiger partial charge on any atom is -0.395 e. The monoisotopic (exact) mass is 242 g/mol. The van der Waals surface area contributed by atoms with Gasteiger partial charge in [0.2, 0.25) is 17.8 Å². The van der Waals surface area contributed by atoms with E-state index in [9.17, 15) is 0 Å². The van der Waals surface area contributed by atoms with E-state index in [0.29, 0.717) is 37.5 Å². The van der Waals surface area contributed by atoms with E-state index >= 15 is 0 Å². The topological polar surface area (TPSA) is 115 Å². The lowest BCUT2D eigenvalue weighted by Crippen LogP contribution is -2.15. The highest BCUT2D eigenvalue weighted by atomic mass is 16.3. The first-order valence-electron chi connectivity index (χ1n) is 5.49. The molecule has 5 N–H and O–H groups in total. The van der Waals surface area contributed by atoms with Gasteiger partial charge in [-0.2, -0.15) is 15.0 Å². The normalized spacial score (nSPS) is 10.1. The summed E-state index contributed by atoms with van der Waals surface area (Å²) in [6, 6.07) is 0. The maximum Gasteiger partial charge on any atom is 0.229 e. The van der Waals surface area contributed by atoms with Crippen molar-refractivity contribution in [1.82, 2.24) is 15.0 Å². The van der Waals surface area contributed by atoms with Crippen molar-refractivity contribution >= 4 is 17.8 Å². The summed E-state index contributed by atoms with van der Waals surface area (Å²) in [5.41, 5.74) is 0. The summed E-state index contributed by atoms with van der Waals surface area (Å²) >= 11 is 0. The van der Waals surface area contributed by atoms with Gasteiger partial charge < -0.3 is 26.2 Å². The fourth-order valence-electron chi connectivity index (χ4n) is 1.11. The molecule has 0 aromatic carbocycles. The third kappa shape index (κ3) is 4.79. The van der Waals surface area contributed by atoms with E-state index < -0.39 is 0 Å². The number of anilines is 3. The lowest BCUT2D eigenvalue weighted by Gasteiger charge is -2.09. The molecule has 8 nitrogen and oxygen atoms in total. The van der Waals surface area contributed by atoms with Crippen LogP contribution in [0.2, 0.25) is 0 Å². The van der Waals surface area contributed by atoms with Gasteiger partial charge in [-0.15, -0.1) is 0 Å². The first-order valence-corrected chi connectivity index (χ1v) is 5.49. The molecule has 0 fully saturated rings. The SMILES string of the molecule is CCNc1nc(NCCO)nc(NCCO)n1. The van der Waals surface area contributed by atoms with Gasteiger partial charge in [-0.3, -0.25) is 0 Å². The molecule has 8 heteroatoms. The van der Waals surface area contributed by atoms with E-state index in [1.165, 1.54) is 0 Å². The molecule has 0 saturated carbocycles. The quantitative estimate of drug-likeness (QED) is 0.399. The number of nitrogens with zero attached hydrogens (tertiary/aromatic N) is 3. The predicted octanol–water partition coefficient (Wildman–Crippen LogP) is -0.888. The maximum absolute atomic E-state index is 8.71. The Bertz CT molecular complexity index is 309. The number of aromatic nitrogens is 3. The van der Waals surface area contributed by atoms with E-state index in [4.69, 9.17) is 10.2 Å². The van der Waals surface area contributed by atoms with Crippen molar-refractivity contribution < 1.29 is 10.2 Å². The van der Waals surface area contributed by atoms with Crippen LogP contribution in [-0.2, 0) is 0 Å². The Kier molecular flexibility index (Phi) is 5.97. The van der Waals surface area contributed by atoms with E-state index in [0.717, 1.165) is 0 Å². The third-order valence-corrected chi connectivity index (χ3v) is 1.76. The van der Waals surface area contributed by atoms with Gasteiger partial charge in [-0.25, -0.2) is 0 Å². The molecule has 0 atom stereocenters. The van der Waals surface area contributed by atoms with Crippen LogP contribution < -0.4 is 16.0 Å². The number of aliphatic hydroxyl groups excluding tert-OH is 2. The van der Waals surface area contributed by atoms with Crippen LogP contribution in [0, 0.1) is 0 Å². The van der Waals surface area contributed by atoms with Gasteiger partial charge in [0.15, 0.2) is 0 Å². The third-order valence-electron chi connectivity index (χ3n) is 1.76. The Balaban J connectivity index is 2.76. The van der Waals surface area contributed by atoms with Gasteiger partial charge in [0.05, 0.1) is 13.2 Å². The van der Waals surface area contributed by atoms with Crippen LogP contribution in [0.25, 0.3) is 0 Å². The second kappa shape index (κ2) is 7.58. The summed E-state index contributed by atoms with van der Waals surface area (Å²) in [7, 11) is 0. The molecular formula is C9H18N6O2.